The van der Waals surface area contributed by atoms with Gasteiger partial charge >= 0.3 is 0 Å². The van der Waals surface area contributed by atoms with Gasteiger partial charge in [0.1, 0.15) is 0 Å². The number of carbonyl (C=O) groups excluding carboxylic acids is 1. The Kier molecular flexibility index (Phi) is 7.14. The van der Waals surface area contributed by atoms with Crippen LogP contribution in [0.4, 0.5) is 0 Å². The van der Waals surface area contributed by atoms with Gasteiger partial charge < -0.3 is 4.90 Å². The lowest BCUT2D eigenvalue weighted by Gasteiger charge is -2.30. The number of unbranched alkanes of at least 4 members (excludes halogenated alkanes) is 2. The van der Waals surface area contributed by atoms with Gasteiger partial charge in [-0.2, -0.15) is 0 Å². The van der Waals surface area contributed by atoms with Crippen LogP contribution in [0.1, 0.15) is 50.2 Å². The van der Waals surface area contributed by atoms with Crippen molar-refractivity contribution in [2.75, 3.05) is 19.6 Å². The Morgan fingerprint density at radius 1 is 0.964 bits per heavy atom. The zero-order valence-corrected chi connectivity index (χ0v) is 17.6. The smallest absolute Gasteiger partial charge is 0.231 e. The molecule has 0 aliphatic carbocycles. The summed E-state index contributed by atoms with van der Waals surface area (Å²) in [5.74, 6) is 1.06. The average Bonchev–Trinajstić information content (AvgIpc) is 3.02. The number of para-hydroxylation sites is 2. The Morgan fingerprint density at radius 2 is 1.61 bits per heavy atom. The molecule has 0 amide bonds. The average molecular weight is 399 g/mol. The lowest BCUT2D eigenvalue weighted by atomic mass is 10.00. The van der Waals surface area contributed by atoms with E-state index in [2.05, 4.69) is 36.1 Å². The second-order valence-corrected chi connectivity index (χ2v) is 8.12. The van der Waals surface area contributed by atoms with Gasteiger partial charge in [0.2, 0.25) is 5.91 Å². The number of nitrogens with zero attached hydrogens (tertiary/aromatic N) is 2. The maximum atomic E-state index is 13.0. The Morgan fingerprint density at radius 3 is 2.25 bits per heavy atom. The summed E-state index contributed by atoms with van der Waals surface area (Å²) < 4.78 is 1.93. The summed E-state index contributed by atoms with van der Waals surface area (Å²) in [5.41, 5.74) is 2.07. The first-order chi connectivity index (χ1) is 13.2. The molecule has 150 valence electrons. The van der Waals surface area contributed by atoms with Crippen molar-refractivity contribution in [3.05, 3.63) is 48.5 Å². The summed E-state index contributed by atoms with van der Waals surface area (Å²) in [6.45, 7) is 6.05. The number of hydrogen-bond acceptors (Lipinski definition) is 2. The van der Waals surface area contributed by atoms with E-state index in [1.807, 2.05) is 28.8 Å². The third-order valence-corrected chi connectivity index (χ3v) is 5.94. The molecule has 0 saturated carbocycles. The number of likely N-dealkylation sites (tertiary alicyclic amines) is 1. The second kappa shape index (κ2) is 9.58. The third kappa shape index (κ3) is 4.42. The van der Waals surface area contributed by atoms with E-state index in [1.165, 1.54) is 49.7 Å². The van der Waals surface area contributed by atoms with Crippen molar-refractivity contribution >= 4 is 40.1 Å². The lowest BCUT2D eigenvalue weighted by molar-refractivity contribution is 0.0908. The van der Waals surface area contributed by atoms with Crippen LogP contribution in [0.5, 0.6) is 0 Å². The number of halogens is 1. The monoisotopic (exact) mass is 398 g/mol. The van der Waals surface area contributed by atoms with Crippen LogP contribution in [0.3, 0.4) is 0 Å². The molecular weight excluding hydrogens is 368 g/mol. The molecule has 1 aliphatic rings. The minimum absolute atomic E-state index is 0. The van der Waals surface area contributed by atoms with E-state index < -0.39 is 0 Å². The summed E-state index contributed by atoms with van der Waals surface area (Å²) in [5, 5.41) is 2.33. The fourth-order valence-corrected chi connectivity index (χ4v) is 4.58. The predicted octanol–water partition coefficient (Wildman–Crippen LogP) is 6.15. The molecule has 0 bridgehead atoms. The molecule has 4 heteroatoms. The van der Waals surface area contributed by atoms with Crippen LogP contribution in [0.15, 0.2) is 48.5 Å². The van der Waals surface area contributed by atoms with E-state index in [0.29, 0.717) is 6.42 Å². The van der Waals surface area contributed by atoms with Gasteiger partial charge in [-0.3, -0.25) is 9.36 Å². The topological polar surface area (TPSA) is 25.2 Å². The minimum atomic E-state index is 0. The minimum Gasteiger partial charge on any atom is -0.303 e. The number of rotatable bonds is 6. The molecule has 4 rings (SSSR count). The Bertz CT molecular complexity index is 879. The van der Waals surface area contributed by atoms with Gasteiger partial charge in [-0.1, -0.05) is 49.7 Å². The first kappa shape index (κ1) is 20.9. The van der Waals surface area contributed by atoms with Crippen LogP contribution >= 0.6 is 12.4 Å². The van der Waals surface area contributed by atoms with Crippen molar-refractivity contribution in [1.29, 1.82) is 0 Å². The number of fused-ring (bicyclic) bond motifs is 3. The Labute approximate surface area is 174 Å². The number of aromatic nitrogens is 1. The van der Waals surface area contributed by atoms with Crippen LogP contribution in [0.25, 0.3) is 21.8 Å². The van der Waals surface area contributed by atoms with Crippen LogP contribution in [-0.2, 0) is 0 Å². The second-order valence-electron chi connectivity index (χ2n) is 8.12. The lowest BCUT2D eigenvalue weighted by Crippen LogP contribution is -2.34. The van der Waals surface area contributed by atoms with Crippen molar-refractivity contribution in [1.82, 2.24) is 9.47 Å². The van der Waals surface area contributed by atoms with Gasteiger partial charge in [-0.25, -0.2) is 0 Å². The summed E-state index contributed by atoms with van der Waals surface area (Å²) in [6.07, 6.45) is 6.65. The number of piperidine rings is 1. The molecule has 1 unspecified atom stereocenters. The highest BCUT2D eigenvalue weighted by atomic mass is 35.5. The molecular formula is C24H31ClN2O. The predicted molar refractivity (Wildman–Crippen MR) is 121 cm³/mol. The van der Waals surface area contributed by atoms with Gasteiger partial charge in [0.25, 0.3) is 0 Å². The van der Waals surface area contributed by atoms with Gasteiger partial charge in [-0.05, 0) is 56.8 Å². The zero-order chi connectivity index (χ0) is 18.6. The molecule has 1 aliphatic heterocycles. The normalized spacial score (nSPS) is 17.7. The number of benzene rings is 2. The number of hydrogen-bond donors (Lipinski definition) is 0. The zero-order valence-electron chi connectivity index (χ0n) is 16.8. The quantitative estimate of drug-likeness (QED) is 0.465. The molecule has 0 N–H and O–H groups in total. The molecule has 28 heavy (non-hydrogen) atoms. The molecule has 1 atom stereocenters. The van der Waals surface area contributed by atoms with E-state index in [-0.39, 0.29) is 18.3 Å². The molecule has 3 nitrogen and oxygen atoms in total. The number of carbonyl (C=O) groups is 1. The van der Waals surface area contributed by atoms with Crippen LogP contribution in [-0.4, -0.2) is 35.0 Å². The van der Waals surface area contributed by atoms with Crippen molar-refractivity contribution in [3.63, 3.8) is 0 Å². The van der Waals surface area contributed by atoms with Gasteiger partial charge in [0.15, 0.2) is 0 Å². The summed E-state index contributed by atoms with van der Waals surface area (Å²) in [7, 11) is 0. The molecule has 1 fully saturated rings. The largest absolute Gasteiger partial charge is 0.303 e. The molecule has 0 radical (unpaired) electrons. The summed E-state index contributed by atoms with van der Waals surface area (Å²) in [4.78, 5) is 15.6. The van der Waals surface area contributed by atoms with Gasteiger partial charge in [0.05, 0.1) is 11.0 Å². The highest BCUT2D eigenvalue weighted by Gasteiger charge is 2.16. The van der Waals surface area contributed by atoms with E-state index in [9.17, 15) is 4.79 Å². The SMILES string of the molecule is CC1CCCN(CCCCCC(=O)n2c3ccccc3c3ccccc32)C1.Cl. The van der Waals surface area contributed by atoms with Crippen molar-refractivity contribution in [2.24, 2.45) is 5.92 Å². The van der Waals surface area contributed by atoms with Gasteiger partial charge in [-0.15, -0.1) is 12.4 Å². The standard InChI is InChI=1S/C24H30N2O.ClH/c1-19-10-9-17-25(18-19)16-8-2-3-15-24(27)26-22-13-6-4-11-20(22)21-12-5-7-14-23(21)26;/h4-7,11-14,19H,2-3,8-10,15-18H2,1H3;1H. The first-order valence-electron chi connectivity index (χ1n) is 10.5. The molecule has 0 spiro atoms. The molecule has 1 saturated heterocycles. The maximum Gasteiger partial charge on any atom is 0.231 e. The highest BCUT2D eigenvalue weighted by molar-refractivity contribution is 6.13. The molecule has 2 heterocycles. The fourth-order valence-electron chi connectivity index (χ4n) is 4.58. The van der Waals surface area contributed by atoms with Crippen molar-refractivity contribution < 1.29 is 4.79 Å². The molecule has 3 aromatic rings. The summed E-state index contributed by atoms with van der Waals surface area (Å²) in [6, 6.07) is 16.5. The Hall–Kier alpha value is -1.84. The third-order valence-electron chi connectivity index (χ3n) is 5.94. The van der Waals surface area contributed by atoms with Crippen molar-refractivity contribution in [2.45, 2.75) is 45.4 Å². The van der Waals surface area contributed by atoms with Crippen LogP contribution < -0.4 is 0 Å². The van der Waals surface area contributed by atoms with E-state index in [4.69, 9.17) is 0 Å². The fraction of sp³-hybridized carbons (Fsp3) is 0.458. The highest BCUT2D eigenvalue weighted by Crippen LogP contribution is 2.29. The first-order valence-corrected chi connectivity index (χ1v) is 10.5. The van der Waals surface area contributed by atoms with E-state index >= 15 is 0 Å². The maximum absolute atomic E-state index is 13.0. The van der Waals surface area contributed by atoms with Crippen LogP contribution in [0, 0.1) is 5.92 Å². The van der Waals surface area contributed by atoms with Gasteiger partial charge in [0, 0.05) is 23.7 Å². The molecule has 2 aromatic carbocycles. The van der Waals surface area contributed by atoms with E-state index in [1.54, 1.807) is 0 Å². The Balaban J connectivity index is 0.00000225. The van der Waals surface area contributed by atoms with Crippen molar-refractivity contribution in [3.8, 4) is 0 Å². The summed E-state index contributed by atoms with van der Waals surface area (Å²) >= 11 is 0. The van der Waals surface area contributed by atoms with E-state index in [0.717, 1.165) is 29.8 Å². The molecule has 1 aromatic heterocycles. The van der Waals surface area contributed by atoms with Crippen LogP contribution in [0.2, 0.25) is 0 Å².